The lowest BCUT2D eigenvalue weighted by Gasteiger charge is -2.30. The topological polar surface area (TPSA) is 70.6 Å². The Morgan fingerprint density at radius 3 is 2.58 bits per heavy atom. The number of aliphatic hydroxyl groups excluding tert-OH is 1. The molecule has 3 N–H and O–H groups in total. The highest BCUT2D eigenvalue weighted by molar-refractivity contribution is 5.73. The average Bonchev–Trinajstić information content (AvgIpc) is 2.71. The Balaban J connectivity index is 1.68. The normalized spacial score (nSPS) is 17.9. The molecule has 168 valence electrons. The third-order valence-electron chi connectivity index (χ3n) is 5.57. The Hall–Kier alpha value is -2.37. The zero-order valence-corrected chi connectivity index (χ0v) is 19.2. The van der Waals surface area contributed by atoms with Gasteiger partial charge in [0.05, 0.1) is 18.8 Å². The van der Waals surface area contributed by atoms with Crippen LogP contribution in [0.3, 0.4) is 0 Å². The molecule has 1 aliphatic rings. The minimum absolute atomic E-state index is 0.119. The van der Waals surface area contributed by atoms with Gasteiger partial charge in [0.15, 0.2) is 0 Å². The Morgan fingerprint density at radius 2 is 1.90 bits per heavy atom. The van der Waals surface area contributed by atoms with E-state index in [0.717, 1.165) is 29.7 Å². The van der Waals surface area contributed by atoms with E-state index in [1.165, 1.54) is 12.5 Å². The van der Waals surface area contributed by atoms with Crippen molar-refractivity contribution in [3.63, 3.8) is 0 Å². The Labute approximate surface area is 186 Å². The molecule has 31 heavy (non-hydrogen) atoms. The molecule has 0 spiro atoms. The van der Waals surface area contributed by atoms with Crippen LogP contribution in [0.4, 0.5) is 0 Å². The first-order valence-electron chi connectivity index (χ1n) is 11.2. The minimum Gasteiger partial charge on any atom is -0.493 e. The summed E-state index contributed by atoms with van der Waals surface area (Å²) in [5.41, 5.74) is 3.75. The molecular weight excluding hydrogens is 388 g/mol. The van der Waals surface area contributed by atoms with Gasteiger partial charge in [-0.15, -0.1) is 0 Å². The number of benzene rings is 2. The fourth-order valence-corrected chi connectivity index (χ4v) is 4.20. The maximum atomic E-state index is 11.7. The molecule has 1 aliphatic heterocycles. The number of hydrogen-bond acceptors (Lipinski definition) is 4. The second-order valence-electron chi connectivity index (χ2n) is 9.77. The number of carbonyl (C=O) groups excluding carboxylic acids is 1. The highest BCUT2D eigenvalue weighted by atomic mass is 16.5. The van der Waals surface area contributed by atoms with Crippen LogP contribution in [0.2, 0.25) is 0 Å². The van der Waals surface area contributed by atoms with Gasteiger partial charge in [0, 0.05) is 31.5 Å². The molecule has 3 atom stereocenters. The van der Waals surface area contributed by atoms with Crippen LogP contribution in [0.1, 0.15) is 56.8 Å². The SMILES string of the molecule is CC(=O)N[C@@H](Cc1ccccc1)[C@@H](O)CN[C@H]1CCOc2ccc(CC(C)(C)C)cc21. The summed E-state index contributed by atoms with van der Waals surface area (Å²) in [6, 6.07) is 16.2. The maximum Gasteiger partial charge on any atom is 0.217 e. The maximum absolute atomic E-state index is 11.7. The van der Waals surface area contributed by atoms with E-state index in [0.29, 0.717) is 19.6 Å². The van der Waals surface area contributed by atoms with E-state index in [-0.39, 0.29) is 23.4 Å². The third-order valence-corrected chi connectivity index (χ3v) is 5.57. The minimum atomic E-state index is -0.701. The lowest BCUT2D eigenvalue weighted by Crippen LogP contribution is -2.48. The van der Waals surface area contributed by atoms with Gasteiger partial charge in [-0.2, -0.15) is 0 Å². The molecule has 0 bridgehead atoms. The molecule has 2 aromatic carbocycles. The Bertz CT molecular complexity index is 861. The van der Waals surface area contributed by atoms with Gasteiger partial charge < -0.3 is 20.5 Å². The summed E-state index contributed by atoms with van der Waals surface area (Å²) in [5, 5.41) is 17.3. The molecule has 3 rings (SSSR count). The van der Waals surface area contributed by atoms with Crippen LogP contribution in [0.15, 0.2) is 48.5 Å². The van der Waals surface area contributed by atoms with E-state index in [1.807, 2.05) is 30.3 Å². The Kier molecular flexibility index (Phi) is 7.74. The van der Waals surface area contributed by atoms with Gasteiger partial charge in [-0.3, -0.25) is 4.79 Å². The summed E-state index contributed by atoms with van der Waals surface area (Å²) < 4.78 is 5.87. The molecule has 0 aliphatic carbocycles. The van der Waals surface area contributed by atoms with Crippen molar-refractivity contribution in [3.05, 3.63) is 65.2 Å². The van der Waals surface area contributed by atoms with Gasteiger partial charge in [-0.1, -0.05) is 63.2 Å². The molecule has 2 aromatic rings. The van der Waals surface area contributed by atoms with Crippen molar-refractivity contribution in [3.8, 4) is 5.75 Å². The molecule has 0 unspecified atom stereocenters. The Morgan fingerprint density at radius 1 is 1.16 bits per heavy atom. The van der Waals surface area contributed by atoms with E-state index in [1.54, 1.807) is 0 Å². The van der Waals surface area contributed by atoms with Gasteiger partial charge in [-0.05, 0) is 35.4 Å². The lowest BCUT2D eigenvalue weighted by molar-refractivity contribution is -0.120. The number of amides is 1. The fourth-order valence-electron chi connectivity index (χ4n) is 4.20. The number of carbonyl (C=O) groups is 1. The summed E-state index contributed by atoms with van der Waals surface area (Å²) in [6.07, 6.45) is 1.73. The largest absolute Gasteiger partial charge is 0.493 e. The molecule has 5 heteroatoms. The van der Waals surface area contributed by atoms with Crippen LogP contribution in [-0.4, -0.2) is 36.3 Å². The second-order valence-corrected chi connectivity index (χ2v) is 9.77. The van der Waals surface area contributed by atoms with Gasteiger partial charge in [-0.25, -0.2) is 0 Å². The van der Waals surface area contributed by atoms with Crippen molar-refractivity contribution in [1.29, 1.82) is 0 Å². The van der Waals surface area contributed by atoms with Crippen LogP contribution in [0, 0.1) is 5.41 Å². The van der Waals surface area contributed by atoms with E-state index in [9.17, 15) is 9.90 Å². The standard InChI is InChI=1S/C26H36N2O3/c1-18(29)28-23(15-19-8-6-5-7-9-19)24(30)17-27-22-12-13-31-25-11-10-20(14-21(22)25)16-26(2,3)4/h5-11,14,22-24,27,30H,12-13,15-17H2,1-4H3,(H,28,29)/t22-,23-,24-/m0/s1. The zero-order chi connectivity index (χ0) is 22.4. The number of hydrogen-bond donors (Lipinski definition) is 3. The van der Waals surface area contributed by atoms with E-state index < -0.39 is 6.10 Å². The van der Waals surface area contributed by atoms with E-state index in [4.69, 9.17) is 4.74 Å². The second kappa shape index (κ2) is 10.3. The molecule has 0 fully saturated rings. The smallest absolute Gasteiger partial charge is 0.217 e. The molecule has 0 aromatic heterocycles. The summed E-state index contributed by atoms with van der Waals surface area (Å²) in [7, 11) is 0. The number of fused-ring (bicyclic) bond motifs is 1. The summed E-state index contributed by atoms with van der Waals surface area (Å²) in [5.74, 6) is 0.779. The fraction of sp³-hybridized carbons (Fsp3) is 0.500. The molecule has 1 heterocycles. The molecule has 0 radical (unpaired) electrons. The average molecular weight is 425 g/mol. The van der Waals surface area contributed by atoms with Crippen LogP contribution in [-0.2, 0) is 17.6 Å². The van der Waals surface area contributed by atoms with Crippen LogP contribution in [0.5, 0.6) is 5.75 Å². The van der Waals surface area contributed by atoms with Crippen LogP contribution < -0.4 is 15.4 Å². The summed E-state index contributed by atoms with van der Waals surface area (Å²) in [6.45, 7) is 9.26. The number of nitrogens with one attached hydrogen (secondary N) is 2. The van der Waals surface area contributed by atoms with E-state index >= 15 is 0 Å². The van der Waals surface area contributed by atoms with Gasteiger partial charge in [0.25, 0.3) is 0 Å². The van der Waals surface area contributed by atoms with E-state index in [2.05, 4.69) is 49.6 Å². The van der Waals surface area contributed by atoms with Crippen molar-refractivity contribution < 1.29 is 14.6 Å². The first-order chi connectivity index (χ1) is 14.7. The first kappa shape index (κ1) is 23.3. The monoisotopic (exact) mass is 424 g/mol. The predicted octanol–water partition coefficient (Wildman–Crippen LogP) is 3.80. The highest BCUT2D eigenvalue weighted by Gasteiger charge is 2.26. The third kappa shape index (κ3) is 7.08. The van der Waals surface area contributed by atoms with Crippen molar-refractivity contribution in [2.45, 2.75) is 65.1 Å². The molecule has 5 nitrogen and oxygen atoms in total. The van der Waals surface area contributed by atoms with Crippen molar-refractivity contribution in [2.75, 3.05) is 13.2 Å². The molecule has 1 amide bonds. The van der Waals surface area contributed by atoms with Gasteiger partial charge >= 0.3 is 0 Å². The molecule has 0 saturated carbocycles. The summed E-state index contributed by atoms with van der Waals surface area (Å²) >= 11 is 0. The number of rotatable bonds is 8. The first-order valence-corrected chi connectivity index (χ1v) is 11.2. The van der Waals surface area contributed by atoms with Gasteiger partial charge in [0.1, 0.15) is 5.75 Å². The van der Waals surface area contributed by atoms with Crippen molar-refractivity contribution >= 4 is 5.91 Å². The quantitative estimate of drug-likeness (QED) is 0.603. The lowest BCUT2D eigenvalue weighted by atomic mass is 9.86. The number of aliphatic hydroxyl groups is 1. The zero-order valence-electron chi connectivity index (χ0n) is 19.2. The molecular formula is C26H36N2O3. The molecule has 0 saturated heterocycles. The number of ether oxygens (including phenoxy) is 1. The van der Waals surface area contributed by atoms with Crippen LogP contribution >= 0.6 is 0 Å². The van der Waals surface area contributed by atoms with Gasteiger partial charge in [0.2, 0.25) is 5.91 Å². The van der Waals surface area contributed by atoms with Crippen molar-refractivity contribution in [2.24, 2.45) is 5.41 Å². The highest BCUT2D eigenvalue weighted by Crippen LogP contribution is 2.34. The van der Waals surface area contributed by atoms with Crippen molar-refractivity contribution in [1.82, 2.24) is 10.6 Å². The summed E-state index contributed by atoms with van der Waals surface area (Å²) in [4.78, 5) is 11.7. The predicted molar refractivity (Wildman–Crippen MR) is 124 cm³/mol. The van der Waals surface area contributed by atoms with Crippen LogP contribution in [0.25, 0.3) is 0 Å².